The summed E-state index contributed by atoms with van der Waals surface area (Å²) in [5.74, 6) is 0. The zero-order valence-electron chi connectivity index (χ0n) is 36.6. The number of hydrogen-bond donors (Lipinski definition) is 0. The van der Waals surface area contributed by atoms with Crippen molar-refractivity contribution in [3.8, 4) is 44.8 Å². The molecule has 13 aromatic rings. The van der Waals surface area contributed by atoms with Crippen molar-refractivity contribution in [1.29, 1.82) is 0 Å². The molecule has 0 N–H and O–H groups in total. The minimum atomic E-state index is -0.634. The highest BCUT2D eigenvalue weighted by atomic mass is 15.0. The number of fused-ring (bicyclic) bond motifs is 11. The molecule has 14 rings (SSSR count). The first-order chi connectivity index (χ1) is 33.3. The SMILES string of the molecule is c1ccc(-n2c3ccccc3c3ccc(-c4ccc5c(c4)C(c4ccccc4)(c4ccccc4)c4c-5c(-c5ccc6c7ccccc7n(-c7ccccc7)c6c5)cc5ccccc45)cc32)cc1. The molecule has 2 heterocycles. The van der Waals surface area contributed by atoms with Crippen LogP contribution in [0.3, 0.4) is 0 Å². The predicted octanol–water partition coefficient (Wildman–Crippen LogP) is 16.7. The van der Waals surface area contributed by atoms with Crippen LogP contribution < -0.4 is 0 Å². The third kappa shape index (κ3) is 5.45. The van der Waals surface area contributed by atoms with E-state index in [1.807, 2.05) is 0 Å². The lowest BCUT2D eigenvalue weighted by molar-refractivity contribution is 0.776. The van der Waals surface area contributed by atoms with Gasteiger partial charge in [-0.05, 0) is 127 Å². The molecule has 312 valence electrons. The lowest BCUT2D eigenvalue weighted by Crippen LogP contribution is -2.29. The molecule has 0 fully saturated rings. The zero-order chi connectivity index (χ0) is 44.1. The molecule has 0 unspecified atom stereocenters. The van der Waals surface area contributed by atoms with Crippen LogP contribution in [0.15, 0.2) is 255 Å². The summed E-state index contributed by atoms with van der Waals surface area (Å²) >= 11 is 0. The van der Waals surface area contributed by atoms with E-state index in [0.29, 0.717) is 0 Å². The fraction of sp³-hybridized carbons (Fsp3) is 0.0154. The Hall–Kier alpha value is -8.72. The molecular weight excluding hydrogens is 809 g/mol. The van der Waals surface area contributed by atoms with Crippen LogP contribution in [0, 0.1) is 0 Å². The van der Waals surface area contributed by atoms with Gasteiger partial charge in [-0.25, -0.2) is 0 Å². The summed E-state index contributed by atoms with van der Waals surface area (Å²) in [6.07, 6.45) is 0. The summed E-state index contributed by atoms with van der Waals surface area (Å²) in [5.41, 5.74) is 18.9. The first-order valence-electron chi connectivity index (χ1n) is 23.3. The second-order valence-corrected chi connectivity index (χ2v) is 18.0. The Kier molecular flexibility index (Phi) is 8.23. The minimum Gasteiger partial charge on any atom is -0.309 e. The van der Waals surface area contributed by atoms with Crippen LogP contribution in [0.2, 0.25) is 0 Å². The van der Waals surface area contributed by atoms with Gasteiger partial charge in [-0.1, -0.05) is 194 Å². The molecule has 0 saturated heterocycles. The average molecular weight is 851 g/mol. The normalized spacial score (nSPS) is 12.9. The van der Waals surface area contributed by atoms with Crippen LogP contribution in [0.25, 0.3) is 99.1 Å². The van der Waals surface area contributed by atoms with Gasteiger partial charge in [0, 0.05) is 32.9 Å². The van der Waals surface area contributed by atoms with Crippen LogP contribution in [0.5, 0.6) is 0 Å². The van der Waals surface area contributed by atoms with Crippen molar-refractivity contribution in [2.75, 3.05) is 0 Å². The topological polar surface area (TPSA) is 9.86 Å². The molecule has 0 atom stereocenters. The van der Waals surface area contributed by atoms with E-state index in [2.05, 4.69) is 264 Å². The first kappa shape index (κ1) is 37.6. The molecule has 2 nitrogen and oxygen atoms in total. The Labute approximate surface area is 388 Å². The van der Waals surface area contributed by atoms with E-state index in [4.69, 9.17) is 0 Å². The van der Waals surface area contributed by atoms with E-state index in [9.17, 15) is 0 Å². The zero-order valence-corrected chi connectivity index (χ0v) is 36.6. The maximum Gasteiger partial charge on any atom is 0.0720 e. The van der Waals surface area contributed by atoms with Gasteiger partial charge in [-0.3, -0.25) is 0 Å². The maximum atomic E-state index is 2.51. The predicted molar refractivity (Wildman–Crippen MR) is 281 cm³/mol. The molecule has 0 spiro atoms. The minimum absolute atomic E-state index is 0.634. The Bertz CT molecular complexity index is 4030. The average Bonchev–Trinajstić information content (AvgIpc) is 4.03. The number of benzene rings is 11. The van der Waals surface area contributed by atoms with Crippen molar-refractivity contribution < 1.29 is 0 Å². The Morgan fingerprint density at radius 2 is 0.716 bits per heavy atom. The molecule has 67 heavy (non-hydrogen) atoms. The molecular formula is C65H42N2. The fourth-order valence-corrected chi connectivity index (χ4v) is 11.8. The molecule has 2 aromatic heterocycles. The number of nitrogens with zero attached hydrogens (tertiary/aromatic N) is 2. The molecule has 1 aliphatic carbocycles. The third-order valence-corrected chi connectivity index (χ3v) is 14.6. The molecule has 1 aliphatic rings. The van der Waals surface area contributed by atoms with Crippen molar-refractivity contribution >= 4 is 54.4 Å². The van der Waals surface area contributed by atoms with Gasteiger partial charge in [0.1, 0.15) is 0 Å². The van der Waals surface area contributed by atoms with Crippen LogP contribution in [0.4, 0.5) is 0 Å². The molecule has 0 amide bonds. The smallest absolute Gasteiger partial charge is 0.0720 e. The maximum absolute atomic E-state index is 2.51. The van der Waals surface area contributed by atoms with Crippen molar-refractivity contribution in [1.82, 2.24) is 9.13 Å². The molecule has 11 aromatic carbocycles. The standard InChI is InChI=1S/C65H42N2/c1-5-20-47(21-6-1)65(48-22-7-2-8-23-48)58-40-43(44-33-36-54-52-29-15-17-31-59(52)66(61(54)41-44)49-24-9-3-10-25-49)34-38-56(58)63-57(39-45-19-13-14-28-51(45)64(63)65)46-35-37-55-53-30-16-18-32-60(53)67(62(55)42-46)50-26-11-4-12-27-50/h1-42H. The van der Waals surface area contributed by atoms with E-state index in [-0.39, 0.29) is 0 Å². The van der Waals surface area contributed by atoms with E-state index in [1.165, 1.54) is 110 Å². The highest BCUT2D eigenvalue weighted by molar-refractivity contribution is 6.13. The Morgan fingerprint density at radius 3 is 1.30 bits per heavy atom. The van der Waals surface area contributed by atoms with Crippen LogP contribution >= 0.6 is 0 Å². The second-order valence-electron chi connectivity index (χ2n) is 18.0. The van der Waals surface area contributed by atoms with Gasteiger partial charge < -0.3 is 9.13 Å². The quantitative estimate of drug-likeness (QED) is 0.158. The summed E-state index contributed by atoms with van der Waals surface area (Å²) in [6, 6.07) is 94.6. The lowest BCUT2D eigenvalue weighted by atomic mass is 9.66. The monoisotopic (exact) mass is 850 g/mol. The van der Waals surface area contributed by atoms with Crippen LogP contribution in [0.1, 0.15) is 22.3 Å². The van der Waals surface area contributed by atoms with Gasteiger partial charge in [-0.2, -0.15) is 0 Å². The van der Waals surface area contributed by atoms with Gasteiger partial charge in [0.05, 0.1) is 27.5 Å². The fourth-order valence-electron chi connectivity index (χ4n) is 11.8. The summed E-state index contributed by atoms with van der Waals surface area (Å²) in [6.45, 7) is 0. The van der Waals surface area contributed by atoms with Crippen LogP contribution in [-0.2, 0) is 5.41 Å². The first-order valence-corrected chi connectivity index (χ1v) is 23.3. The number of rotatable bonds is 6. The molecule has 0 radical (unpaired) electrons. The largest absolute Gasteiger partial charge is 0.309 e. The van der Waals surface area contributed by atoms with Crippen molar-refractivity contribution in [2.45, 2.75) is 5.41 Å². The number of aromatic nitrogens is 2. The van der Waals surface area contributed by atoms with Crippen molar-refractivity contribution in [3.63, 3.8) is 0 Å². The summed E-state index contributed by atoms with van der Waals surface area (Å²) in [5, 5.41) is 7.49. The molecule has 0 saturated carbocycles. The van der Waals surface area contributed by atoms with Crippen molar-refractivity contribution in [2.24, 2.45) is 0 Å². The number of hydrogen-bond acceptors (Lipinski definition) is 0. The number of para-hydroxylation sites is 4. The Morgan fingerprint density at radius 1 is 0.284 bits per heavy atom. The van der Waals surface area contributed by atoms with Gasteiger partial charge >= 0.3 is 0 Å². The second kappa shape index (κ2) is 14.7. The Balaban J connectivity index is 1.08. The van der Waals surface area contributed by atoms with Crippen LogP contribution in [-0.4, -0.2) is 9.13 Å². The van der Waals surface area contributed by atoms with E-state index in [1.54, 1.807) is 0 Å². The summed E-state index contributed by atoms with van der Waals surface area (Å²) in [7, 11) is 0. The lowest BCUT2D eigenvalue weighted by Gasteiger charge is -2.35. The summed E-state index contributed by atoms with van der Waals surface area (Å²) < 4.78 is 4.85. The van der Waals surface area contributed by atoms with Gasteiger partial charge in [0.25, 0.3) is 0 Å². The van der Waals surface area contributed by atoms with E-state index >= 15 is 0 Å². The van der Waals surface area contributed by atoms with Gasteiger partial charge in [-0.15, -0.1) is 0 Å². The highest BCUT2D eigenvalue weighted by Crippen LogP contribution is 2.61. The molecule has 0 bridgehead atoms. The van der Waals surface area contributed by atoms with Gasteiger partial charge in [0.15, 0.2) is 0 Å². The summed E-state index contributed by atoms with van der Waals surface area (Å²) in [4.78, 5) is 0. The van der Waals surface area contributed by atoms with Crippen molar-refractivity contribution in [3.05, 3.63) is 277 Å². The third-order valence-electron chi connectivity index (χ3n) is 14.6. The van der Waals surface area contributed by atoms with E-state index in [0.717, 1.165) is 11.4 Å². The molecule has 2 heteroatoms. The molecule has 0 aliphatic heterocycles. The van der Waals surface area contributed by atoms with E-state index < -0.39 is 5.41 Å². The van der Waals surface area contributed by atoms with Gasteiger partial charge in [0.2, 0.25) is 0 Å². The highest BCUT2D eigenvalue weighted by Gasteiger charge is 2.48.